The van der Waals surface area contributed by atoms with Gasteiger partial charge < -0.3 is 14.4 Å². The highest BCUT2D eigenvalue weighted by atomic mass is 32.2. The Morgan fingerprint density at radius 3 is 2.64 bits per heavy atom. The van der Waals surface area contributed by atoms with Crippen LogP contribution in [0.3, 0.4) is 0 Å². The Kier molecular flexibility index (Phi) is 5.11. The first-order chi connectivity index (χ1) is 11.8. The minimum Gasteiger partial charge on any atom is -0.444 e. The number of hydrogen-bond donors (Lipinski definition) is 1. The van der Waals surface area contributed by atoms with Crippen LogP contribution >= 0.6 is 0 Å². The zero-order chi connectivity index (χ0) is 18.0. The normalized spacial score (nSPS) is 21.5. The van der Waals surface area contributed by atoms with Gasteiger partial charge in [-0.1, -0.05) is 0 Å². The van der Waals surface area contributed by atoms with E-state index in [-0.39, 0.29) is 13.0 Å². The molecule has 2 fully saturated rings. The van der Waals surface area contributed by atoms with Crippen molar-refractivity contribution in [2.75, 3.05) is 48.4 Å². The maximum absolute atomic E-state index is 14.4. The lowest BCUT2D eigenvalue weighted by Crippen LogP contribution is -2.36. The maximum Gasteiger partial charge on any atom is 0.414 e. The summed E-state index contributed by atoms with van der Waals surface area (Å²) in [4.78, 5) is 15.1. The molecular weight excluding hydrogens is 355 g/mol. The van der Waals surface area contributed by atoms with Crippen LogP contribution in [0.15, 0.2) is 18.2 Å². The molecule has 0 bridgehead atoms. The molecule has 25 heavy (non-hydrogen) atoms. The molecule has 1 unspecified atom stereocenters. The number of hydrogen-bond acceptors (Lipinski definition) is 6. The van der Waals surface area contributed by atoms with E-state index in [0.29, 0.717) is 37.7 Å². The van der Waals surface area contributed by atoms with Gasteiger partial charge in [-0.2, -0.15) is 8.42 Å². The van der Waals surface area contributed by atoms with Crippen molar-refractivity contribution in [2.24, 2.45) is 0 Å². The number of cyclic esters (lactones) is 1. The maximum atomic E-state index is 14.4. The molecule has 138 valence electrons. The molecule has 2 aliphatic rings. The number of halogens is 1. The van der Waals surface area contributed by atoms with E-state index in [2.05, 4.69) is 0 Å². The third-order valence-corrected chi connectivity index (χ3v) is 4.92. The number of nitrogens with zero attached hydrogens (tertiary/aromatic N) is 2. The van der Waals surface area contributed by atoms with Gasteiger partial charge in [0.15, 0.2) is 0 Å². The smallest absolute Gasteiger partial charge is 0.414 e. The van der Waals surface area contributed by atoms with Gasteiger partial charge in [0.05, 0.1) is 36.9 Å². The lowest BCUT2D eigenvalue weighted by atomic mass is 10.2. The summed E-state index contributed by atoms with van der Waals surface area (Å²) in [5, 5.41) is 0. The molecule has 2 aliphatic heterocycles. The number of rotatable bonds is 5. The van der Waals surface area contributed by atoms with Crippen molar-refractivity contribution in [3.8, 4) is 0 Å². The first kappa shape index (κ1) is 17.9. The topological polar surface area (TPSA) is 96.4 Å². The second-order valence-corrected chi connectivity index (χ2v) is 7.50. The molecule has 0 saturated carbocycles. The van der Waals surface area contributed by atoms with Crippen LogP contribution in [-0.2, 0) is 19.6 Å². The summed E-state index contributed by atoms with van der Waals surface area (Å²) in [6.07, 6.45) is -1.36. The van der Waals surface area contributed by atoms with Gasteiger partial charge in [-0.25, -0.2) is 9.18 Å². The lowest BCUT2D eigenvalue weighted by Gasteiger charge is -2.29. The summed E-state index contributed by atoms with van der Waals surface area (Å²) in [6, 6.07) is 4.49. The van der Waals surface area contributed by atoms with Gasteiger partial charge in [0.1, 0.15) is 11.9 Å². The second-order valence-electron chi connectivity index (χ2n) is 5.93. The van der Waals surface area contributed by atoms with Crippen molar-refractivity contribution >= 4 is 27.6 Å². The Bertz CT molecular complexity index is 750. The highest BCUT2D eigenvalue weighted by Gasteiger charge is 2.33. The molecule has 3 rings (SSSR count). The number of carbonyl (C=O) groups excluding carboxylic acids is 1. The minimum absolute atomic E-state index is 0.0184. The third kappa shape index (κ3) is 4.39. The van der Waals surface area contributed by atoms with E-state index in [0.717, 1.165) is 0 Å². The van der Waals surface area contributed by atoms with Crippen molar-refractivity contribution in [2.45, 2.75) is 12.5 Å². The average molecular weight is 374 g/mol. The molecule has 0 aromatic heterocycles. The van der Waals surface area contributed by atoms with Crippen LogP contribution in [0.1, 0.15) is 6.42 Å². The molecule has 1 N–H and O–H groups in total. The van der Waals surface area contributed by atoms with Gasteiger partial charge in [0.2, 0.25) is 0 Å². The molecule has 0 radical (unpaired) electrons. The fourth-order valence-corrected chi connectivity index (χ4v) is 3.45. The van der Waals surface area contributed by atoms with Crippen LogP contribution in [0.25, 0.3) is 0 Å². The zero-order valence-corrected chi connectivity index (χ0v) is 14.2. The lowest BCUT2D eigenvalue weighted by molar-refractivity contribution is 0.122. The minimum atomic E-state index is -4.12. The highest BCUT2D eigenvalue weighted by Crippen LogP contribution is 2.29. The van der Waals surface area contributed by atoms with E-state index in [1.807, 2.05) is 4.90 Å². The number of morpholine rings is 1. The Hall–Kier alpha value is -1.91. The van der Waals surface area contributed by atoms with E-state index in [4.69, 9.17) is 14.0 Å². The van der Waals surface area contributed by atoms with E-state index < -0.39 is 33.9 Å². The molecule has 2 heterocycles. The van der Waals surface area contributed by atoms with Crippen LogP contribution in [0.2, 0.25) is 0 Å². The van der Waals surface area contributed by atoms with Gasteiger partial charge >= 0.3 is 6.09 Å². The van der Waals surface area contributed by atoms with Crippen LogP contribution in [0.4, 0.5) is 20.6 Å². The molecule has 10 heteroatoms. The predicted molar refractivity (Wildman–Crippen MR) is 88.1 cm³/mol. The van der Waals surface area contributed by atoms with Crippen LogP contribution in [0.5, 0.6) is 0 Å². The van der Waals surface area contributed by atoms with Crippen LogP contribution in [-0.4, -0.2) is 63.8 Å². The first-order valence-electron chi connectivity index (χ1n) is 7.89. The number of carbonyl (C=O) groups is 1. The van der Waals surface area contributed by atoms with Crippen molar-refractivity contribution in [1.29, 1.82) is 0 Å². The summed E-state index contributed by atoms with van der Waals surface area (Å²) < 4.78 is 55.1. The standard InChI is InChI=1S/C15H19FN2O6S/c16-13-9-11(1-2-14(13)17-4-6-23-7-5-17)18-10-12(24-15(18)19)3-8-25(20,21)22/h1-2,9,12H,3-8,10H2,(H,20,21,22). The molecule has 2 saturated heterocycles. The van der Waals surface area contributed by atoms with Gasteiger partial charge in [-0.3, -0.25) is 9.45 Å². The highest BCUT2D eigenvalue weighted by molar-refractivity contribution is 7.85. The second kappa shape index (κ2) is 7.14. The quantitative estimate of drug-likeness (QED) is 0.775. The Labute approximate surface area is 144 Å². The fourth-order valence-electron chi connectivity index (χ4n) is 2.89. The Morgan fingerprint density at radius 2 is 2.00 bits per heavy atom. The van der Waals surface area contributed by atoms with Crippen LogP contribution < -0.4 is 9.80 Å². The molecule has 1 aromatic rings. The summed E-state index contributed by atoms with van der Waals surface area (Å²) in [7, 11) is -4.12. The summed E-state index contributed by atoms with van der Waals surface area (Å²) in [6.45, 7) is 2.37. The molecule has 0 spiro atoms. The molecule has 8 nitrogen and oxygen atoms in total. The zero-order valence-electron chi connectivity index (χ0n) is 13.4. The van der Waals surface area contributed by atoms with Gasteiger partial charge in [0.25, 0.3) is 10.1 Å². The largest absolute Gasteiger partial charge is 0.444 e. The summed E-state index contributed by atoms with van der Waals surface area (Å²) in [5.41, 5.74) is 0.788. The van der Waals surface area contributed by atoms with E-state index in [9.17, 15) is 17.6 Å². The fraction of sp³-hybridized carbons (Fsp3) is 0.533. The SMILES string of the molecule is O=C1OC(CCS(=O)(=O)O)CN1c1ccc(N2CCOCC2)c(F)c1. The first-order valence-corrected chi connectivity index (χ1v) is 9.50. The van der Waals surface area contributed by atoms with Gasteiger partial charge in [0, 0.05) is 19.5 Å². The molecule has 1 aromatic carbocycles. The molecule has 1 atom stereocenters. The Balaban J connectivity index is 1.69. The van der Waals surface area contributed by atoms with Crippen molar-refractivity contribution in [1.82, 2.24) is 0 Å². The van der Waals surface area contributed by atoms with Crippen molar-refractivity contribution < 1.29 is 31.6 Å². The summed E-state index contributed by atoms with van der Waals surface area (Å²) >= 11 is 0. The van der Waals surface area contributed by atoms with Gasteiger partial charge in [-0.15, -0.1) is 0 Å². The van der Waals surface area contributed by atoms with E-state index in [1.165, 1.54) is 11.0 Å². The predicted octanol–water partition coefficient (Wildman–Crippen LogP) is 1.27. The molecule has 1 amide bonds. The molecule has 0 aliphatic carbocycles. The number of anilines is 2. The Morgan fingerprint density at radius 1 is 1.28 bits per heavy atom. The number of ether oxygens (including phenoxy) is 2. The summed E-state index contributed by atoms with van der Waals surface area (Å²) in [5.74, 6) is -0.947. The number of benzene rings is 1. The molecular formula is C15H19FN2O6S. The number of amides is 1. The van der Waals surface area contributed by atoms with Crippen molar-refractivity contribution in [3.05, 3.63) is 24.0 Å². The average Bonchev–Trinajstić information content (AvgIpc) is 2.94. The third-order valence-electron chi connectivity index (χ3n) is 4.17. The van der Waals surface area contributed by atoms with E-state index >= 15 is 0 Å². The van der Waals surface area contributed by atoms with Gasteiger partial charge in [-0.05, 0) is 18.2 Å². The van der Waals surface area contributed by atoms with E-state index in [1.54, 1.807) is 12.1 Å². The van der Waals surface area contributed by atoms with Crippen molar-refractivity contribution in [3.63, 3.8) is 0 Å². The van der Waals surface area contributed by atoms with Crippen LogP contribution in [0, 0.1) is 5.82 Å². The monoisotopic (exact) mass is 374 g/mol.